The van der Waals surface area contributed by atoms with Gasteiger partial charge in [-0.3, -0.25) is 0 Å². The minimum atomic E-state index is -0.825. The molecule has 0 spiro atoms. The summed E-state index contributed by atoms with van der Waals surface area (Å²) < 4.78 is 33.3. The zero-order chi connectivity index (χ0) is 15.5. The second kappa shape index (κ2) is 6.12. The van der Waals surface area contributed by atoms with Crippen molar-refractivity contribution < 1.29 is 13.5 Å². The van der Waals surface area contributed by atoms with E-state index in [9.17, 15) is 8.78 Å². The molecule has 0 amide bonds. The Morgan fingerprint density at radius 2 is 1.62 bits per heavy atom. The Labute approximate surface area is 123 Å². The van der Waals surface area contributed by atoms with Gasteiger partial charge in [-0.1, -0.05) is 13.8 Å². The minimum absolute atomic E-state index is 0.366. The molecule has 2 aromatic carbocycles. The van der Waals surface area contributed by atoms with Crippen LogP contribution in [0.2, 0.25) is 0 Å². The largest absolute Gasteiger partial charge is 0.482 e. The fourth-order valence-electron chi connectivity index (χ4n) is 2.45. The van der Waals surface area contributed by atoms with Crippen LogP contribution in [0.4, 0.5) is 14.5 Å². The molecule has 112 valence electrons. The fourth-order valence-corrected chi connectivity index (χ4v) is 2.45. The van der Waals surface area contributed by atoms with Gasteiger partial charge in [0, 0.05) is 17.3 Å². The molecule has 0 aliphatic rings. The van der Waals surface area contributed by atoms with Crippen LogP contribution in [0.3, 0.4) is 0 Å². The predicted octanol–water partition coefficient (Wildman–Crippen LogP) is 4.64. The molecule has 0 aliphatic heterocycles. The van der Waals surface area contributed by atoms with E-state index in [1.165, 1.54) is 12.1 Å². The van der Waals surface area contributed by atoms with Crippen LogP contribution in [-0.4, -0.2) is 0 Å². The normalized spacial score (nSPS) is 11.4. The third-order valence-corrected chi connectivity index (χ3v) is 3.76. The number of nitrogens with two attached hydrogens (primary N) is 1. The summed E-state index contributed by atoms with van der Waals surface area (Å²) in [6.45, 7) is 3.84. The monoisotopic (exact) mass is 291 g/mol. The average Bonchev–Trinajstić information content (AvgIpc) is 2.47. The number of hydrogen-bond donors (Lipinski definition) is 1. The Balaban J connectivity index is 2.42. The summed E-state index contributed by atoms with van der Waals surface area (Å²) in [6, 6.07) is 10.5. The highest BCUT2D eigenvalue weighted by molar-refractivity contribution is 5.42. The third kappa shape index (κ3) is 3.15. The van der Waals surface area contributed by atoms with Crippen LogP contribution in [0.5, 0.6) is 5.75 Å². The molecule has 0 aromatic heterocycles. The maximum Gasteiger partial charge on any atom is 0.136 e. The molecule has 4 heteroatoms. The quantitative estimate of drug-likeness (QED) is 0.814. The molecular formula is C17H19F2NO. The van der Waals surface area contributed by atoms with E-state index in [4.69, 9.17) is 10.5 Å². The molecule has 0 saturated heterocycles. The number of anilines is 1. The molecule has 2 rings (SSSR count). The van der Waals surface area contributed by atoms with Crippen molar-refractivity contribution >= 4 is 5.69 Å². The molecule has 2 aromatic rings. The minimum Gasteiger partial charge on any atom is -0.482 e. The summed E-state index contributed by atoms with van der Waals surface area (Å²) in [6.07, 6.45) is 1.13. The first kappa shape index (κ1) is 15.3. The van der Waals surface area contributed by atoms with Crippen molar-refractivity contribution in [1.29, 1.82) is 0 Å². The van der Waals surface area contributed by atoms with Crippen LogP contribution in [0.15, 0.2) is 42.5 Å². The molecule has 0 bridgehead atoms. The summed E-state index contributed by atoms with van der Waals surface area (Å²) >= 11 is 0. The summed E-state index contributed by atoms with van der Waals surface area (Å²) in [5.74, 6) is -0.574. The number of nitrogen functional groups attached to an aromatic ring is 1. The standard InChI is InChI=1S/C17H19F2NO/c1-3-17(4-2,15-10-5-12(18)11-16(15)19)21-14-8-6-13(20)7-9-14/h5-11H,3-4,20H2,1-2H3. The van der Waals surface area contributed by atoms with Gasteiger partial charge < -0.3 is 10.5 Å². The maximum absolute atomic E-state index is 14.1. The Morgan fingerprint density at radius 1 is 1.00 bits per heavy atom. The lowest BCUT2D eigenvalue weighted by atomic mass is 9.87. The Morgan fingerprint density at radius 3 is 2.14 bits per heavy atom. The van der Waals surface area contributed by atoms with Gasteiger partial charge in [0.15, 0.2) is 0 Å². The number of benzene rings is 2. The molecule has 21 heavy (non-hydrogen) atoms. The molecule has 0 heterocycles. The molecule has 0 fully saturated rings. The van der Waals surface area contributed by atoms with Gasteiger partial charge in [0.05, 0.1) is 0 Å². The highest BCUT2D eigenvalue weighted by Crippen LogP contribution is 2.36. The van der Waals surface area contributed by atoms with Crippen molar-refractivity contribution in [1.82, 2.24) is 0 Å². The number of halogens is 2. The number of hydrogen-bond acceptors (Lipinski definition) is 2. The summed E-state index contributed by atoms with van der Waals surface area (Å²) in [5.41, 5.74) is 5.82. The highest BCUT2D eigenvalue weighted by atomic mass is 19.1. The Bertz CT molecular complexity index is 607. The molecule has 0 aliphatic carbocycles. The average molecular weight is 291 g/mol. The Kier molecular flexibility index (Phi) is 4.46. The summed E-state index contributed by atoms with van der Waals surface area (Å²) in [7, 11) is 0. The van der Waals surface area contributed by atoms with Gasteiger partial charge in [-0.05, 0) is 49.2 Å². The summed E-state index contributed by atoms with van der Waals surface area (Å²) in [5, 5.41) is 0. The molecular weight excluding hydrogens is 272 g/mol. The molecule has 0 radical (unpaired) electrons. The van der Waals surface area contributed by atoms with E-state index in [1.54, 1.807) is 24.3 Å². The first-order chi connectivity index (χ1) is 10.0. The van der Waals surface area contributed by atoms with Crippen molar-refractivity contribution in [3.8, 4) is 5.75 Å². The fraction of sp³-hybridized carbons (Fsp3) is 0.294. The predicted molar refractivity (Wildman–Crippen MR) is 80.1 cm³/mol. The van der Waals surface area contributed by atoms with Crippen molar-refractivity contribution in [2.75, 3.05) is 5.73 Å². The molecule has 0 unspecified atom stereocenters. The lowest BCUT2D eigenvalue weighted by Crippen LogP contribution is -2.33. The highest BCUT2D eigenvalue weighted by Gasteiger charge is 2.33. The van der Waals surface area contributed by atoms with Crippen molar-refractivity contribution in [3.63, 3.8) is 0 Å². The smallest absolute Gasteiger partial charge is 0.136 e. The Hall–Kier alpha value is -2.10. The van der Waals surface area contributed by atoms with Gasteiger partial charge in [0.2, 0.25) is 0 Å². The van der Waals surface area contributed by atoms with Crippen LogP contribution < -0.4 is 10.5 Å². The van der Waals surface area contributed by atoms with Gasteiger partial charge in [-0.2, -0.15) is 0 Å². The second-order valence-electron chi connectivity index (χ2n) is 5.00. The first-order valence-corrected chi connectivity index (χ1v) is 7.01. The van der Waals surface area contributed by atoms with Crippen LogP contribution in [0, 0.1) is 11.6 Å². The van der Waals surface area contributed by atoms with E-state index < -0.39 is 17.2 Å². The maximum atomic E-state index is 14.1. The number of ether oxygens (including phenoxy) is 1. The van der Waals surface area contributed by atoms with Crippen molar-refractivity contribution in [3.05, 3.63) is 59.7 Å². The van der Waals surface area contributed by atoms with E-state index in [2.05, 4.69) is 0 Å². The van der Waals surface area contributed by atoms with E-state index in [0.717, 1.165) is 6.07 Å². The van der Waals surface area contributed by atoms with Crippen LogP contribution in [0.25, 0.3) is 0 Å². The van der Waals surface area contributed by atoms with Gasteiger partial charge in [-0.15, -0.1) is 0 Å². The molecule has 0 saturated carbocycles. The van der Waals surface area contributed by atoms with Crippen LogP contribution in [0.1, 0.15) is 32.3 Å². The first-order valence-electron chi connectivity index (χ1n) is 7.01. The van der Waals surface area contributed by atoms with Crippen molar-refractivity contribution in [2.45, 2.75) is 32.3 Å². The number of rotatable bonds is 5. The second-order valence-corrected chi connectivity index (χ2v) is 5.00. The van der Waals surface area contributed by atoms with Gasteiger partial charge in [0.1, 0.15) is 23.0 Å². The van der Waals surface area contributed by atoms with Gasteiger partial charge >= 0.3 is 0 Å². The topological polar surface area (TPSA) is 35.2 Å². The molecule has 2 N–H and O–H groups in total. The zero-order valence-corrected chi connectivity index (χ0v) is 12.2. The molecule has 2 nitrogen and oxygen atoms in total. The van der Waals surface area contributed by atoms with E-state index >= 15 is 0 Å². The zero-order valence-electron chi connectivity index (χ0n) is 12.2. The van der Waals surface area contributed by atoms with Crippen LogP contribution >= 0.6 is 0 Å². The van der Waals surface area contributed by atoms with E-state index in [1.807, 2.05) is 13.8 Å². The lowest BCUT2D eigenvalue weighted by molar-refractivity contribution is 0.0534. The van der Waals surface area contributed by atoms with Gasteiger partial charge in [-0.25, -0.2) is 8.78 Å². The lowest BCUT2D eigenvalue weighted by Gasteiger charge is -2.33. The summed E-state index contributed by atoms with van der Waals surface area (Å²) in [4.78, 5) is 0. The van der Waals surface area contributed by atoms with Gasteiger partial charge in [0.25, 0.3) is 0 Å². The van der Waals surface area contributed by atoms with Crippen molar-refractivity contribution in [2.24, 2.45) is 0 Å². The third-order valence-electron chi connectivity index (χ3n) is 3.76. The SMILES string of the molecule is CCC(CC)(Oc1ccc(N)cc1)c1ccc(F)cc1F. The van der Waals surface area contributed by atoms with Crippen LogP contribution in [-0.2, 0) is 5.60 Å². The van der Waals surface area contributed by atoms with E-state index in [-0.39, 0.29) is 0 Å². The molecule has 0 atom stereocenters. The van der Waals surface area contributed by atoms with E-state index in [0.29, 0.717) is 29.8 Å².